The second kappa shape index (κ2) is 7.44. The molecule has 3 amide bonds. The second-order valence-electron chi connectivity index (χ2n) is 7.52. The van der Waals surface area contributed by atoms with Crippen molar-refractivity contribution >= 4 is 26.0 Å². The molecule has 4 N–H and O–H groups in total. The highest BCUT2D eigenvalue weighted by Gasteiger charge is 2.37. The third kappa shape index (κ3) is 5.62. The molecule has 1 heterocycles. The van der Waals surface area contributed by atoms with Crippen molar-refractivity contribution in [1.29, 1.82) is 0 Å². The van der Waals surface area contributed by atoms with Crippen molar-refractivity contribution in [2.75, 3.05) is 6.61 Å². The number of rotatable bonds is 7. The van der Waals surface area contributed by atoms with E-state index in [1.165, 1.54) is 0 Å². The van der Waals surface area contributed by atoms with E-state index in [1.54, 1.807) is 0 Å². The van der Waals surface area contributed by atoms with Gasteiger partial charge in [-0.25, -0.2) is 0 Å². The zero-order valence-corrected chi connectivity index (χ0v) is 15.7. The molecule has 0 bridgehead atoms. The van der Waals surface area contributed by atoms with E-state index in [0.29, 0.717) is 25.9 Å². The molecule has 1 aliphatic rings. The number of hydrogen-bond donors (Lipinski definition) is 3. The fraction of sp³-hybridized carbons (Fsp3) is 0.800. The van der Waals surface area contributed by atoms with Crippen LogP contribution in [0.4, 0.5) is 0 Å². The molecule has 1 fully saturated rings. The van der Waals surface area contributed by atoms with Crippen LogP contribution in [0.5, 0.6) is 0 Å². The lowest BCUT2D eigenvalue weighted by Gasteiger charge is -2.36. The fourth-order valence-electron chi connectivity index (χ4n) is 2.02. The highest BCUT2D eigenvalue weighted by molar-refractivity contribution is 6.74. The van der Waals surface area contributed by atoms with Crippen LogP contribution < -0.4 is 16.4 Å². The Labute approximate surface area is 138 Å². The van der Waals surface area contributed by atoms with Crippen molar-refractivity contribution in [3.63, 3.8) is 0 Å². The predicted octanol–water partition coefficient (Wildman–Crippen LogP) is 0.647. The molecular formula is C15H29N3O4Si. The maximum atomic E-state index is 12.1. The average molecular weight is 344 g/mol. The number of carbonyl (C=O) groups excluding carboxylic acids is 3. The summed E-state index contributed by atoms with van der Waals surface area (Å²) in [7, 11) is -1.90. The van der Waals surface area contributed by atoms with Crippen molar-refractivity contribution in [2.45, 2.75) is 70.2 Å². The molecule has 2 atom stereocenters. The highest BCUT2D eigenvalue weighted by Crippen LogP contribution is 2.36. The Hall–Kier alpha value is -1.41. The molecule has 0 aromatic heterocycles. The third-order valence-corrected chi connectivity index (χ3v) is 9.19. The lowest BCUT2D eigenvalue weighted by molar-refractivity contribution is -0.129. The van der Waals surface area contributed by atoms with Gasteiger partial charge in [-0.1, -0.05) is 20.8 Å². The SMILES string of the molecule is CC(C)(C)[Si](C)(C)OCC[C@@H](NC(=O)[C@@H]1CCC(=O)N1)C(N)=O. The summed E-state index contributed by atoms with van der Waals surface area (Å²) >= 11 is 0. The summed E-state index contributed by atoms with van der Waals surface area (Å²) < 4.78 is 6.01. The number of nitrogens with one attached hydrogen (secondary N) is 2. The van der Waals surface area contributed by atoms with Crippen molar-refractivity contribution < 1.29 is 18.8 Å². The first-order valence-corrected chi connectivity index (χ1v) is 10.9. The highest BCUT2D eigenvalue weighted by atomic mass is 28.4. The van der Waals surface area contributed by atoms with Crippen molar-refractivity contribution in [3.05, 3.63) is 0 Å². The van der Waals surface area contributed by atoms with E-state index in [4.69, 9.17) is 10.2 Å². The topological polar surface area (TPSA) is 111 Å². The lowest BCUT2D eigenvalue weighted by atomic mass is 10.1. The summed E-state index contributed by atoms with van der Waals surface area (Å²) in [5.74, 6) is -1.12. The zero-order valence-electron chi connectivity index (χ0n) is 14.7. The van der Waals surface area contributed by atoms with Crippen LogP contribution in [0.15, 0.2) is 0 Å². The summed E-state index contributed by atoms with van der Waals surface area (Å²) in [6.45, 7) is 11.0. The van der Waals surface area contributed by atoms with Gasteiger partial charge < -0.3 is 20.8 Å². The Kier molecular flexibility index (Phi) is 6.35. The first kappa shape index (κ1) is 19.6. The van der Waals surface area contributed by atoms with Crippen molar-refractivity contribution in [2.24, 2.45) is 5.73 Å². The molecule has 1 rings (SSSR count). The first-order chi connectivity index (χ1) is 10.4. The molecule has 0 aromatic carbocycles. The predicted molar refractivity (Wildman–Crippen MR) is 90.1 cm³/mol. The number of amides is 3. The van der Waals surface area contributed by atoms with Gasteiger partial charge in [0.2, 0.25) is 17.7 Å². The average Bonchev–Trinajstić information content (AvgIpc) is 2.82. The quantitative estimate of drug-likeness (QED) is 0.589. The molecule has 23 heavy (non-hydrogen) atoms. The van der Waals surface area contributed by atoms with Crippen LogP contribution in [0.1, 0.15) is 40.0 Å². The van der Waals surface area contributed by atoms with Crippen molar-refractivity contribution in [1.82, 2.24) is 10.6 Å². The normalized spacial score (nSPS) is 20.0. The number of hydrogen-bond acceptors (Lipinski definition) is 4. The van der Waals surface area contributed by atoms with E-state index in [2.05, 4.69) is 44.5 Å². The van der Waals surface area contributed by atoms with E-state index in [1.807, 2.05) is 0 Å². The second-order valence-corrected chi connectivity index (χ2v) is 12.3. The molecule has 1 aliphatic heterocycles. The monoisotopic (exact) mass is 343 g/mol. The number of nitrogens with two attached hydrogens (primary N) is 1. The minimum absolute atomic E-state index is 0.0760. The Morgan fingerprint density at radius 3 is 2.48 bits per heavy atom. The van der Waals surface area contributed by atoms with Crippen LogP contribution in [0.2, 0.25) is 18.1 Å². The van der Waals surface area contributed by atoms with Crippen LogP contribution in [-0.4, -0.2) is 44.7 Å². The smallest absolute Gasteiger partial charge is 0.243 e. The van der Waals surface area contributed by atoms with E-state index in [-0.39, 0.29) is 16.9 Å². The van der Waals surface area contributed by atoms with Crippen LogP contribution >= 0.6 is 0 Å². The zero-order chi connectivity index (χ0) is 17.8. The summed E-state index contributed by atoms with van der Waals surface area (Å²) in [4.78, 5) is 34.8. The van der Waals surface area contributed by atoms with E-state index >= 15 is 0 Å². The maximum absolute atomic E-state index is 12.1. The Morgan fingerprint density at radius 2 is 2.04 bits per heavy atom. The van der Waals surface area contributed by atoms with Crippen LogP contribution in [-0.2, 0) is 18.8 Å². The van der Waals surface area contributed by atoms with E-state index in [0.717, 1.165) is 0 Å². The molecule has 0 radical (unpaired) electrons. The van der Waals surface area contributed by atoms with E-state index < -0.39 is 26.3 Å². The molecule has 1 saturated heterocycles. The van der Waals surface area contributed by atoms with Gasteiger partial charge in [0.05, 0.1) is 0 Å². The maximum Gasteiger partial charge on any atom is 0.243 e. The van der Waals surface area contributed by atoms with Crippen molar-refractivity contribution in [3.8, 4) is 0 Å². The molecule has 7 nitrogen and oxygen atoms in total. The van der Waals surface area contributed by atoms with Gasteiger partial charge in [-0.3, -0.25) is 14.4 Å². The van der Waals surface area contributed by atoms with Gasteiger partial charge in [-0.15, -0.1) is 0 Å². The van der Waals surface area contributed by atoms with Gasteiger partial charge in [0, 0.05) is 13.0 Å². The summed E-state index contributed by atoms with van der Waals surface area (Å²) in [6, 6.07) is -1.37. The number of primary amides is 1. The van der Waals surface area contributed by atoms with Crippen LogP contribution in [0.25, 0.3) is 0 Å². The van der Waals surface area contributed by atoms with Gasteiger partial charge in [-0.05, 0) is 31.0 Å². The molecule has 0 saturated carbocycles. The standard InChI is InChI=1S/C15H29N3O4Si/c1-15(2,3)23(4,5)22-9-8-10(13(16)20)18-14(21)11-6-7-12(19)17-11/h10-11H,6-9H2,1-5H3,(H2,16,20)(H,17,19)(H,18,21)/t10-,11+/m1/s1. The molecule has 132 valence electrons. The van der Waals surface area contributed by atoms with Gasteiger partial charge in [0.25, 0.3) is 0 Å². The lowest BCUT2D eigenvalue weighted by Crippen LogP contribution is -2.51. The van der Waals surface area contributed by atoms with E-state index in [9.17, 15) is 14.4 Å². The molecule has 0 aliphatic carbocycles. The summed E-state index contributed by atoms with van der Waals surface area (Å²) in [6.07, 6.45) is 1.10. The molecule has 0 unspecified atom stereocenters. The molecule has 0 aromatic rings. The molecular weight excluding hydrogens is 314 g/mol. The largest absolute Gasteiger partial charge is 0.417 e. The Balaban J connectivity index is 2.51. The summed E-state index contributed by atoms with van der Waals surface area (Å²) in [5.41, 5.74) is 5.36. The minimum atomic E-state index is -1.90. The fourth-order valence-corrected chi connectivity index (χ4v) is 3.08. The van der Waals surface area contributed by atoms with Gasteiger partial charge in [0.1, 0.15) is 12.1 Å². The van der Waals surface area contributed by atoms with Gasteiger partial charge >= 0.3 is 0 Å². The number of carbonyl (C=O) groups is 3. The Bertz CT molecular complexity index is 474. The first-order valence-electron chi connectivity index (χ1n) is 7.97. The van der Waals surface area contributed by atoms with Crippen LogP contribution in [0.3, 0.4) is 0 Å². The summed E-state index contributed by atoms with van der Waals surface area (Å²) in [5, 5.41) is 5.26. The minimum Gasteiger partial charge on any atom is -0.417 e. The third-order valence-electron chi connectivity index (χ3n) is 4.65. The molecule has 0 spiro atoms. The Morgan fingerprint density at radius 1 is 1.43 bits per heavy atom. The van der Waals surface area contributed by atoms with Gasteiger partial charge in [-0.2, -0.15) is 0 Å². The van der Waals surface area contributed by atoms with Crippen LogP contribution in [0, 0.1) is 0 Å². The van der Waals surface area contributed by atoms with Gasteiger partial charge in [0.15, 0.2) is 8.32 Å². The molecule has 8 heteroatoms.